The van der Waals surface area contributed by atoms with Crippen molar-refractivity contribution in [2.24, 2.45) is 4.99 Å². The van der Waals surface area contributed by atoms with Crippen LogP contribution in [0.15, 0.2) is 52.4 Å². The molecule has 0 aromatic heterocycles. The highest BCUT2D eigenvalue weighted by atomic mass is 35.5. The number of thioether (sulfide) groups is 1. The number of methoxy groups -OCH3 is 1. The number of carbonyl (C=O) groups is 1. The van der Waals surface area contributed by atoms with Crippen molar-refractivity contribution < 1.29 is 14.3 Å². The molecular formula is C21H21ClN2O3S. The summed E-state index contributed by atoms with van der Waals surface area (Å²) in [6.07, 6.45) is 2.63. The quantitative estimate of drug-likeness (QED) is 0.639. The van der Waals surface area contributed by atoms with Crippen LogP contribution in [-0.4, -0.2) is 24.3 Å². The maximum absolute atomic E-state index is 12.3. The maximum Gasteiger partial charge on any atom is 0.264 e. The molecule has 2 aromatic carbocycles. The Morgan fingerprint density at radius 3 is 2.71 bits per heavy atom. The van der Waals surface area contributed by atoms with Crippen LogP contribution in [0.5, 0.6) is 11.5 Å². The molecule has 0 bridgehead atoms. The number of ether oxygens (including phenoxy) is 2. The number of nitrogens with one attached hydrogen (secondary N) is 1. The van der Waals surface area contributed by atoms with Gasteiger partial charge in [0, 0.05) is 0 Å². The van der Waals surface area contributed by atoms with E-state index in [1.165, 1.54) is 11.8 Å². The zero-order valence-electron chi connectivity index (χ0n) is 15.9. The summed E-state index contributed by atoms with van der Waals surface area (Å²) in [6, 6.07) is 13.0. The first-order valence-corrected chi connectivity index (χ1v) is 10.1. The number of rotatable bonds is 6. The van der Waals surface area contributed by atoms with E-state index in [9.17, 15) is 4.79 Å². The molecule has 1 N–H and O–H groups in total. The Bertz CT molecular complexity index is 929. The molecule has 1 atom stereocenters. The lowest BCUT2D eigenvalue weighted by Crippen LogP contribution is -2.19. The van der Waals surface area contributed by atoms with Gasteiger partial charge in [0.25, 0.3) is 5.91 Å². The van der Waals surface area contributed by atoms with Crippen LogP contribution in [0.3, 0.4) is 0 Å². The number of hydrogen-bond acceptors (Lipinski definition) is 5. The van der Waals surface area contributed by atoms with Gasteiger partial charge in [0.15, 0.2) is 16.7 Å². The molecule has 7 heteroatoms. The Morgan fingerprint density at radius 2 is 2.04 bits per heavy atom. The predicted molar refractivity (Wildman–Crippen MR) is 116 cm³/mol. The van der Waals surface area contributed by atoms with Crippen LogP contribution in [0.2, 0.25) is 5.02 Å². The fraction of sp³-hybridized carbons (Fsp3) is 0.238. The van der Waals surface area contributed by atoms with Gasteiger partial charge < -0.3 is 14.8 Å². The fourth-order valence-corrected chi connectivity index (χ4v) is 3.58. The molecule has 3 rings (SSSR count). The Morgan fingerprint density at radius 1 is 1.29 bits per heavy atom. The summed E-state index contributed by atoms with van der Waals surface area (Å²) in [5.41, 5.74) is 1.53. The van der Waals surface area contributed by atoms with E-state index in [4.69, 9.17) is 21.1 Å². The molecule has 1 saturated heterocycles. The molecule has 2 aromatic rings. The van der Waals surface area contributed by atoms with Crippen molar-refractivity contribution in [1.82, 2.24) is 5.32 Å². The minimum absolute atomic E-state index is 0.0172. The molecule has 0 radical (unpaired) electrons. The zero-order valence-corrected chi connectivity index (χ0v) is 17.4. The number of aliphatic imine (C=N–C) groups is 1. The minimum Gasteiger partial charge on any atom is -0.493 e. The van der Waals surface area contributed by atoms with Crippen molar-refractivity contribution in [1.29, 1.82) is 0 Å². The first kappa shape index (κ1) is 20.3. The fourth-order valence-electron chi connectivity index (χ4n) is 2.47. The molecule has 1 aliphatic rings. The molecule has 1 fully saturated rings. The number of para-hydroxylation sites is 1. The first-order chi connectivity index (χ1) is 13.5. The third kappa shape index (κ3) is 4.88. The second-order valence-corrected chi connectivity index (χ2v) is 7.63. The molecule has 28 heavy (non-hydrogen) atoms. The van der Waals surface area contributed by atoms with Gasteiger partial charge in [-0.15, -0.1) is 0 Å². The van der Waals surface area contributed by atoms with Crippen molar-refractivity contribution in [3.05, 3.63) is 58.0 Å². The maximum atomic E-state index is 12.3. The summed E-state index contributed by atoms with van der Waals surface area (Å²) in [5, 5.41) is 3.75. The molecular weight excluding hydrogens is 396 g/mol. The van der Waals surface area contributed by atoms with Gasteiger partial charge in [-0.1, -0.05) is 36.7 Å². The molecule has 1 unspecified atom stereocenters. The highest BCUT2D eigenvalue weighted by Gasteiger charge is 2.24. The number of halogens is 1. The van der Waals surface area contributed by atoms with Crippen molar-refractivity contribution in [2.45, 2.75) is 26.4 Å². The van der Waals surface area contributed by atoms with Crippen LogP contribution in [0, 0.1) is 0 Å². The Kier molecular flexibility index (Phi) is 6.65. The van der Waals surface area contributed by atoms with E-state index in [1.54, 1.807) is 25.3 Å². The Hall–Kier alpha value is -2.44. The van der Waals surface area contributed by atoms with Gasteiger partial charge in [0.2, 0.25) is 0 Å². The van der Waals surface area contributed by atoms with Gasteiger partial charge >= 0.3 is 0 Å². The van der Waals surface area contributed by atoms with Crippen molar-refractivity contribution in [3.63, 3.8) is 0 Å². The summed E-state index contributed by atoms with van der Waals surface area (Å²) in [7, 11) is 1.56. The van der Waals surface area contributed by atoms with Gasteiger partial charge in [0.05, 0.1) is 28.8 Å². The van der Waals surface area contributed by atoms with Gasteiger partial charge in [-0.25, -0.2) is 4.99 Å². The number of amidine groups is 1. The summed E-state index contributed by atoms with van der Waals surface area (Å²) >= 11 is 7.69. The third-order valence-electron chi connectivity index (χ3n) is 4.08. The highest BCUT2D eigenvalue weighted by Crippen LogP contribution is 2.39. The molecule has 0 saturated carbocycles. The average molecular weight is 417 g/mol. The summed E-state index contributed by atoms with van der Waals surface area (Å²) in [6.45, 7) is 4.01. The van der Waals surface area contributed by atoms with Crippen LogP contribution < -0.4 is 14.8 Å². The van der Waals surface area contributed by atoms with E-state index < -0.39 is 0 Å². The molecule has 146 valence electrons. The lowest BCUT2D eigenvalue weighted by molar-refractivity contribution is -0.115. The van der Waals surface area contributed by atoms with E-state index in [-0.39, 0.29) is 12.0 Å². The second-order valence-electron chi connectivity index (χ2n) is 6.19. The predicted octanol–water partition coefficient (Wildman–Crippen LogP) is 5.42. The Balaban J connectivity index is 1.86. The summed E-state index contributed by atoms with van der Waals surface area (Å²) < 4.78 is 11.3. The van der Waals surface area contributed by atoms with E-state index in [0.717, 1.165) is 17.7 Å². The smallest absolute Gasteiger partial charge is 0.264 e. The minimum atomic E-state index is -0.199. The van der Waals surface area contributed by atoms with Gasteiger partial charge in [-0.2, -0.15) is 0 Å². The molecule has 5 nitrogen and oxygen atoms in total. The summed E-state index contributed by atoms with van der Waals surface area (Å²) in [5.74, 6) is 0.839. The third-order valence-corrected chi connectivity index (χ3v) is 5.27. The van der Waals surface area contributed by atoms with Gasteiger partial charge in [-0.3, -0.25) is 4.79 Å². The molecule has 1 amide bonds. The van der Waals surface area contributed by atoms with E-state index >= 15 is 0 Å². The Labute approximate surface area is 173 Å². The van der Waals surface area contributed by atoms with Gasteiger partial charge in [0.1, 0.15) is 0 Å². The van der Waals surface area contributed by atoms with Crippen molar-refractivity contribution >= 4 is 46.2 Å². The zero-order chi connectivity index (χ0) is 20.1. The molecule has 0 spiro atoms. The van der Waals surface area contributed by atoms with Crippen LogP contribution >= 0.6 is 23.4 Å². The number of nitrogens with zero attached hydrogens (tertiary/aromatic N) is 1. The van der Waals surface area contributed by atoms with Crippen LogP contribution in [0.1, 0.15) is 25.8 Å². The summed E-state index contributed by atoms with van der Waals surface area (Å²) in [4.78, 5) is 17.3. The van der Waals surface area contributed by atoms with Crippen molar-refractivity contribution in [3.8, 4) is 11.5 Å². The van der Waals surface area contributed by atoms with Crippen molar-refractivity contribution in [2.75, 3.05) is 7.11 Å². The second kappa shape index (κ2) is 9.17. The number of hydrogen-bond donors (Lipinski definition) is 1. The van der Waals surface area contributed by atoms with Crippen LogP contribution in [0.25, 0.3) is 6.08 Å². The lowest BCUT2D eigenvalue weighted by Gasteiger charge is -2.17. The molecule has 1 heterocycles. The average Bonchev–Trinajstić information content (AvgIpc) is 3.02. The van der Waals surface area contributed by atoms with Gasteiger partial charge in [-0.05, 0) is 61.0 Å². The van der Waals surface area contributed by atoms with E-state index in [1.807, 2.05) is 44.2 Å². The largest absolute Gasteiger partial charge is 0.493 e. The lowest BCUT2D eigenvalue weighted by atomic mass is 10.1. The molecule has 0 aliphatic carbocycles. The van der Waals surface area contributed by atoms with E-state index in [2.05, 4.69) is 10.3 Å². The van der Waals surface area contributed by atoms with E-state index in [0.29, 0.717) is 26.6 Å². The SMILES string of the molecule is CCC(C)Oc1c(Cl)cc(C=C2SC(=Nc3ccccc3)NC2=O)cc1OC. The highest BCUT2D eigenvalue weighted by molar-refractivity contribution is 8.18. The number of carbonyl (C=O) groups excluding carboxylic acids is 1. The molecule has 1 aliphatic heterocycles. The standard InChI is InChI=1S/C21H21ClN2O3S/c1-4-13(2)27-19-16(22)10-14(11-17(19)26-3)12-18-20(25)24-21(28-18)23-15-8-6-5-7-9-15/h5-13H,4H2,1-3H3,(H,23,24,25). The normalized spacial score (nSPS) is 17.6. The number of benzene rings is 2. The topological polar surface area (TPSA) is 59.9 Å². The van der Waals surface area contributed by atoms with Crippen LogP contribution in [0.4, 0.5) is 5.69 Å². The van der Waals surface area contributed by atoms with Crippen LogP contribution in [-0.2, 0) is 4.79 Å². The monoisotopic (exact) mass is 416 g/mol. The first-order valence-electron chi connectivity index (χ1n) is 8.89. The number of amides is 1.